The van der Waals surface area contributed by atoms with Crippen molar-refractivity contribution in [1.82, 2.24) is 14.6 Å². The molecule has 10 heteroatoms. The summed E-state index contributed by atoms with van der Waals surface area (Å²) in [6, 6.07) is 12.7. The fourth-order valence-electron chi connectivity index (χ4n) is 2.91. The number of amides is 1. The van der Waals surface area contributed by atoms with Crippen molar-refractivity contribution in [2.75, 3.05) is 19.0 Å². The summed E-state index contributed by atoms with van der Waals surface area (Å²) in [5.41, 5.74) is 1.83. The molecule has 31 heavy (non-hydrogen) atoms. The second-order valence-electron chi connectivity index (χ2n) is 6.56. The molecular weight excluding hydrogens is 459 g/mol. The van der Waals surface area contributed by atoms with Crippen LogP contribution in [0.15, 0.2) is 47.8 Å². The maximum absolute atomic E-state index is 12.3. The van der Waals surface area contributed by atoms with E-state index in [1.807, 2.05) is 29.6 Å². The van der Waals surface area contributed by atoms with Gasteiger partial charge in [-0.3, -0.25) is 10.1 Å². The first-order valence-electron chi connectivity index (χ1n) is 9.40. The number of carbonyl (C=O) groups is 1. The van der Waals surface area contributed by atoms with Crippen molar-refractivity contribution in [2.45, 2.75) is 12.8 Å². The maximum Gasteiger partial charge on any atom is 0.250 e. The number of anilines is 1. The average Bonchev–Trinajstić information content (AvgIpc) is 3.32. The van der Waals surface area contributed by atoms with Gasteiger partial charge in [-0.05, 0) is 36.8 Å². The van der Waals surface area contributed by atoms with Gasteiger partial charge in [0.2, 0.25) is 16.8 Å². The lowest BCUT2D eigenvalue weighted by Gasteiger charge is -2.07. The third kappa shape index (κ3) is 5.10. The molecule has 0 saturated heterocycles. The zero-order valence-electron chi connectivity index (χ0n) is 16.5. The third-order valence-electron chi connectivity index (χ3n) is 4.40. The van der Waals surface area contributed by atoms with Gasteiger partial charge in [-0.1, -0.05) is 35.3 Å². The molecule has 0 aliphatic heterocycles. The molecule has 7 nitrogen and oxygen atoms in total. The standard InChI is InChI=1S/C21H18Cl2N4O3S/c1-29-15-5-2-4-13(10-15)17-12-31-21-25-20(26-27(17)21)24-19(28)6-3-9-30-18-8-7-14(22)11-16(18)23/h2,4-5,7-8,10-12H,3,6,9H2,1H3,(H,24,26,28). The summed E-state index contributed by atoms with van der Waals surface area (Å²) < 4.78 is 12.6. The zero-order valence-corrected chi connectivity index (χ0v) is 18.8. The van der Waals surface area contributed by atoms with E-state index >= 15 is 0 Å². The molecule has 2 aromatic heterocycles. The third-order valence-corrected chi connectivity index (χ3v) is 5.74. The van der Waals surface area contributed by atoms with Crippen LogP contribution < -0.4 is 14.8 Å². The zero-order chi connectivity index (χ0) is 21.8. The van der Waals surface area contributed by atoms with Crippen LogP contribution in [0.25, 0.3) is 16.2 Å². The number of fused-ring (bicyclic) bond motifs is 1. The molecule has 0 unspecified atom stereocenters. The highest BCUT2D eigenvalue weighted by Crippen LogP contribution is 2.29. The van der Waals surface area contributed by atoms with Crippen molar-refractivity contribution < 1.29 is 14.3 Å². The number of methoxy groups -OCH3 is 1. The van der Waals surface area contributed by atoms with Gasteiger partial charge in [-0.25, -0.2) is 4.52 Å². The number of halogens is 2. The summed E-state index contributed by atoms with van der Waals surface area (Å²) in [5, 5.41) is 10.1. The van der Waals surface area contributed by atoms with Gasteiger partial charge in [-0.15, -0.1) is 16.4 Å². The van der Waals surface area contributed by atoms with E-state index in [9.17, 15) is 4.79 Å². The van der Waals surface area contributed by atoms with Crippen LogP contribution in [0, 0.1) is 0 Å². The molecule has 4 aromatic rings. The van der Waals surface area contributed by atoms with Gasteiger partial charge in [0.1, 0.15) is 11.5 Å². The lowest BCUT2D eigenvalue weighted by atomic mass is 10.2. The Morgan fingerprint density at radius 3 is 2.90 bits per heavy atom. The SMILES string of the molecule is COc1cccc(-c2csc3nc(NC(=O)CCCOc4ccc(Cl)cc4Cl)nn23)c1. The van der Waals surface area contributed by atoms with E-state index in [2.05, 4.69) is 15.4 Å². The number of nitrogens with zero attached hydrogens (tertiary/aromatic N) is 3. The molecule has 0 spiro atoms. The minimum atomic E-state index is -0.188. The number of ether oxygens (including phenoxy) is 2. The van der Waals surface area contributed by atoms with E-state index in [0.29, 0.717) is 33.8 Å². The molecule has 2 heterocycles. The maximum atomic E-state index is 12.3. The Balaban J connectivity index is 1.34. The van der Waals surface area contributed by atoms with Gasteiger partial charge < -0.3 is 9.47 Å². The monoisotopic (exact) mass is 476 g/mol. The second-order valence-corrected chi connectivity index (χ2v) is 8.24. The van der Waals surface area contributed by atoms with Crippen molar-refractivity contribution in [3.63, 3.8) is 0 Å². The first kappa shape index (κ1) is 21.4. The van der Waals surface area contributed by atoms with E-state index in [-0.39, 0.29) is 18.3 Å². The molecule has 0 atom stereocenters. The molecule has 0 aliphatic carbocycles. The summed E-state index contributed by atoms with van der Waals surface area (Å²) in [6.07, 6.45) is 0.781. The largest absolute Gasteiger partial charge is 0.497 e. The van der Waals surface area contributed by atoms with Crippen LogP contribution in [0.2, 0.25) is 10.0 Å². The lowest BCUT2D eigenvalue weighted by Crippen LogP contribution is -2.14. The molecule has 0 aliphatic rings. The lowest BCUT2D eigenvalue weighted by molar-refractivity contribution is -0.116. The number of rotatable bonds is 8. The van der Waals surface area contributed by atoms with Crippen LogP contribution in [0.5, 0.6) is 11.5 Å². The number of aromatic nitrogens is 3. The number of benzene rings is 2. The second kappa shape index (κ2) is 9.55. The number of nitrogens with one attached hydrogen (secondary N) is 1. The van der Waals surface area contributed by atoms with Crippen molar-refractivity contribution in [2.24, 2.45) is 0 Å². The Kier molecular flexibility index (Phi) is 6.60. The van der Waals surface area contributed by atoms with Crippen LogP contribution in [-0.4, -0.2) is 34.2 Å². The molecule has 1 amide bonds. The molecule has 4 rings (SSSR count). The van der Waals surface area contributed by atoms with Crippen molar-refractivity contribution >= 4 is 51.4 Å². The predicted octanol–water partition coefficient (Wildman–Crippen LogP) is 5.57. The topological polar surface area (TPSA) is 77.8 Å². The molecular formula is C21H18Cl2N4O3S. The molecule has 0 radical (unpaired) electrons. The molecule has 1 N–H and O–H groups in total. The number of thiazole rings is 1. The molecule has 0 bridgehead atoms. The van der Waals surface area contributed by atoms with Gasteiger partial charge in [-0.2, -0.15) is 4.98 Å². The Morgan fingerprint density at radius 2 is 2.10 bits per heavy atom. The molecule has 0 saturated carbocycles. The number of carbonyl (C=O) groups excluding carboxylic acids is 1. The van der Waals surface area contributed by atoms with Gasteiger partial charge >= 0.3 is 0 Å². The smallest absolute Gasteiger partial charge is 0.250 e. The van der Waals surface area contributed by atoms with Crippen molar-refractivity contribution in [1.29, 1.82) is 0 Å². The van der Waals surface area contributed by atoms with Gasteiger partial charge in [0, 0.05) is 22.4 Å². The summed E-state index contributed by atoms with van der Waals surface area (Å²) in [4.78, 5) is 17.3. The minimum absolute atomic E-state index is 0.188. The number of hydrogen-bond donors (Lipinski definition) is 1. The molecule has 160 valence electrons. The van der Waals surface area contributed by atoms with E-state index in [0.717, 1.165) is 17.0 Å². The Hall–Kier alpha value is -2.81. The van der Waals surface area contributed by atoms with Crippen molar-refractivity contribution in [3.8, 4) is 22.8 Å². The first-order chi connectivity index (χ1) is 15.0. The average molecular weight is 477 g/mol. The van der Waals surface area contributed by atoms with E-state index < -0.39 is 0 Å². The van der Waals surface area contributed by atoms with Crippen LogP contribution >= 0.6 is 34.5 Å². The van der Waals surface area contributed by atoms with E-state index in [1.54, 1.807) is 29.8 Å². The van der Waals surface area contributed by atoms with Crippen LogP contribution in [0.4, 0.5) is 5.95 Å². The summed E-state index contributed by atoms with van der Waals surface area (Å²) in [5.74, 6) is 1.37. The fourth-order valence-corrected chi connectivity index (χ4v) is 4.20. The normalized spacial score (nSPS) is 10.9. The van der Waals surface area contributed by atoms with E-state index in [4.69, 9.17) is 32.7 Å². The highest BCUT2D eigenvalue weighted by molar-refractivity contribution is 7.15. The van der Waals surface area contributed by atoms with Gasteiger partial charge in [0.25, 0.3) is 0 Å². The number of hydrogen-bond acceptors (Lipinski definition) is 6. The van der Waals surface area contributed by atoms with Crippen molar-refractivity contribution in [3.05, 3.63) is 57.9 Å². The predicted molar refractivity (Wildman–Crippen MR) is 123 cm³/mol. The summed E-state index contributed by atoms with van der Waals surface area (Å²) in [7, 11) is 1.63. The quantitative estimate of drug-likeness (QED) is 0.336. The Bertz CT molecular complexity index is 1220. The summed E-state index contributed by atoms with van der Waals surface area (Å²) >= 11 is 13.4. The highest BCUT2D eigenvalue weighted by Gasteiger charge is 2.14. The van der Waals surface area contributed by atoms with Crippen LogP contribution in [-0.2, 0) is 4.79 Å². The van der Waals surface area contributed by atoms with Gasteiger partial charge in [0.05, 0.1) is 24.4 Å². The minimum Gasteiger partial charge on any atom is -0.497 e. The van der Waals surface area contributed by atoms with Crippen LogP contribution in [0.3, 0.4) is 0 Å². The Morgan fingerprint density at radius 1 is 1.23 bits per heavy atom. The molecule has 0 fully saturated rings. The first-order valence-corrected chi connectivity index (χ1v) is 11.0. The fraction of sp³-hybridized carbons (Fsp3) is 0.190. The molecule has 2 aromatic carbocycles. The summed E-state index contributed by atoms with van der Waals surface area (Å²) in [6.45, 7) is 0.348. The van der Waals surface area contributed by atoms with Crippen LogP contribution in [0.1, 0.15) is 12.8 Å². The Labute approximate surface area is 192 Å². The van der Waals surface area contributed by atoms with Gasteiger partial charge in [0.15, 0.2) is 0 Å². The highest BCUT2D eigenvalue weighted by atomic mass is 35.5. The van der Waals surface area contributed by atoms with E-state index in [1.165, 1.54) is 11.3 Å².